The van der Waals surface area contributed by atoms with Crippen LogP contribution in [-0.2, 0) is 23.9 Å². The van der Waals surface area contributed by atoms with Crippen LogP contribution in [0.25, 0.3) is 0 Å². The Bertz CT molecular complexity index is 500. The Morgan fingerprint density at radius 1 is 0.733 bits per heavy atom. The Labute approximate surface area is 182 Å². The number of carbonyl (C=O) groups excluding carboxylic acids is 3. The van der Waals surface area contributed by atoms with Gasteiger partial charge in [-0.2, -0.15) is 0 Å². The van der Waals surface area contributed by atoms with Crippen molar-refractivity contribution in [1.82, 2.24) is 4.90 Å². The van der Waals surface area contributed by atoms with Crippen molar-refractivity contribution < 1.29 is 23.9 Å². The summed E-state index contributed by atoms with van der Waals surface area (Å²) in [5, 5.41) is 0. The standard InChI is InChI=1S/C24H41NO5/c1-2-3-4-5-6-7-8-9-10-11-12-13-14-15-24(28)30-21-20-29-19-18-25-22(26)16-17-23(25)27/h16-17H,2-15,18-21H2,1H3. The monoisotopic (exact) mass is 423 g/mol. The van der Waals surface area contributed by atoms with Crippen LogP contribution in [0.4, 0.5) is 0 Å². The zero-order chi connectivity index (χ0) is 21.9. The molecule has 1 heterocycles. The molecule has 0 aromatic heterocycles. The van der Waals surface area contributed by atoms with Crippen molar-refractivity contribution in [1.29, 1.82) is 0 Å². The van der Waals surface area contributed by atoms with Gasteiger partial charge in [0.25, 0.3) is 11.8 Å². The fraction of sp³-hybridized carbons (Fsp3) is 0.792. The smallest absolute Gasteiger partial charge is 0.305 e. The van der Waals surface area contributed by atoms with Crippen LogP contribution in [0.1, 0.15) is 96.8 Å². The molecule has 0 N–H and O–H groups in total. The molecule has 1 rings (SSSR count). The molecule has 172 valence electrons. The molecule has 30 heavy (non-hydrogen) atoms. The molecular formula is C24H41NO5. The van der Waals surface area contributed by atoms with E-state index in [9.17, 15) is 14.4 Å². The first-order valence-corrected chi connectivity index (χ1v) is 11.9. The largest absolute Gasteiger partial charge is 0.463 e. The zero-order valence-corrected chi connectivity index (χ0v) is 18.9. The summed E-state index contributed by atoms with van der Waals surface area (Å²) in [6.07, 6.45) is 19.6. The Hall–Kier alpha value is -1.69. The first kappa shape index (κ1) is 26.3. The summed E-state index contributed by atoms with van der Waals surface area (Å²) in [5.41, 5.74) is 0. The highest BCUT2D eigenvalue weighted by molar-refractivity contribution is 6.12. The van der Waals surface area contributed by atoms with Crippen LogP contribution in [0.2, 0.25) is 0 Å². The second-order valence-electron chi connectivity index (χ2n) is 7.99. The van der Waals surface area contributed by atoms with Crippen molar-refractivity contribution in [3.63, 3.8) is 0 Å². The van der Waals surface area contributed by atoms with E-state index in [1.54, 1.807) is 0 Å². The zero-order valence-electron chi connectivity index (χ0n) is 18.9. The van der Waals surface area contributed by atoms with E-state index >= 15 is 0 Å². The van der Waals surface area contributed by atoms with Gasteiger partial charge in [0.05, 0.1) is 19.8 Å². The molecule has 0 unspecified atom stereocenters. The van der Waals surface area contributed by atoms with E-state index in [1.807, 2.05) is 0 Å². The second kappa shape index (κ2) is 18.1. The van der Waals surface area contributed by atoms with Crippen LogP contribution in [0, 0.1) is 0 Å². The molecule has 0 radical (unpaired) electrons. The average molecular weight is 424 g/mol. The third-order valence-electron chi connectivity index (χ3n) is 5.33. The maximum absolute atomic E-state index is 11.7. The molecule has 6 nitrogen and oxygen atoms in total. The molecular weight excluding hydrogens is 382 g/mol. The minimum Gasteiger partial charge on any atom is -0.463 e. The van der Waals surface area contributed by atoms with Gasteiger partial charge in [-0.3, -0.25) is 19.3 Å². The molecule has 0 fully saturated rings. The molecule has 0 aromatic rings. The van der Waals surface area contributed by atoms with E-state index < -0.39 is 0 Å². The lowest BCUT2D eigenvalue weighted by atomic mass is 10.0. The van der Waals surface area contributed by atoms with Gasteiger partial charge in [0.15, 0.2) is 0 Å². The molecule has 2 amide bonds. The molecule has 0 aliphatic carbocycles. The third-order valence-corrected chi connectivity index (χ3v) is 5.33. The van der Waals surface area contributed by atoms with Crippen LogP contribution in [0.3, 0.4) is 0 Å². The second-order valence-corrected chi connectivity index (χ2v) is 7.99. The summed E-state index contributed by atoms with van der Waals surface area (Å²) in [6, 6.07) is 0. The van der Waals surface area contributed by atoms with E-state index in [-0.39, 0.29) is 44.1 Å². The highest BCUT2D eigenvalue weighted by Gasteiger charge is 2.22. The lowest BCUT2D eigenvalue weighted by Gasteiger charge is -2.13. The highest BCUT2D eigenvalue weighted by Crippen LogP contribution is 2.13. The lowest BCUT2D eigenvalue weighted by molar-refractivity contribution is -0.145. The van der Waals surface area contributed by atoms with Gasteiger partial charge < -0.3 is 9.47 Å². The Morgan fingerprint density at radius 3 is 1.77 bits per heavy atom. The summed E-state index contributed by atoms with van der Waals surface area (Å²) in [7, 11) is 0. The van der Waals surface area contributed by atoms with Gasteiger partial charge in [-0.1, -0.05) is 84.0 Å². The Balaban J connectivity index is 1.78. The van der Waals surface area contributed by atoms with Crippen molar-refractivity contribution in [2.24, 2.45) is 0 Å². The van der Waals surface area contributed by atoms with Crippen LogP contribution in [0.15, 0.2) is 12.2 Å². The topological polar surface area (TPSA) is 72.9 Å². The van der Waals surface area contributed by atoms with Gasteiger partial charge in [-0.15, -0.1) is 0 Å². The third kappa shape index (κ3) is 13.5. The van der Waals surface area contributed by atoms with Gasteiger partial charge in [-0.25, -0.2) is 0 Å². The average Bonchev–Trinajstić information content (AvgIpc) is 3.05. The minimum absolute atomic E-state index is 0.184. The van der Waals surface area contributed by atoms with E-state index in [0.717, 1.165) is 17.7 Å². The summed E-state index contributed by atoms with van der Waals surface area (Å²) >= 11 is 0. The predicted molar refractivity (Wildman–Crippen MR) is 118 cm³/mol. The number of rotatable bonds is 20. The van der Waals surface area contributed by atoms with Crippen LogP contribution in [0.5, 0.6) is 0 Å². The SMILES string of the molecule is CCCCCCCCCCCCCCCC(=O)OCCOCCN1C(=O)C=CC1=O. The normalized spacial score (nSPS) is 13.4. The maximum Gasteiger partial charge on any atom is 0.305 e. The lowest BCUT2D eigenvalue weighted by Crippen LogP contribution is -2.33. The number of hydrogen-bond acceptors (Lipinski definition) is 5. The molecule has 1 aliphatic rings. The molecule has 6 heteroatoms. The molecule has 1 aliphatic heterocycles. The molecule has 0 saturated carbocycles. The number of ether oxygens (including phenoxy) is 2. The molecule has 0 atom stereocenters. The number of imide groups is 1. The van der Waals surface area contributed by atoms with E-state index in [0.29, 0.717) is 6.42 Å². The Morgan fingerprint density at radius 2 is 1.23 bits per heavy atom. The van der Waals surface area contributed by atoms with Gasteiger partial charge in [0.2, 0.25) is 0 Å². The molecule has 0 bridgehead atoms. The number of hydrogen-bond donors (Lipinski definition) is 0. The van der Waals surface area contributed by atoms with Crippen molar-refractivity contribution in [2.45, 2.75) is 96.8 Å². The van der Waals surface area contributed by atoms with Crippen LogP contribution >= 0.6 is 0 Å². The van der Waals surface area contributed by atoms with Crippen molar-refractivity contribution in [3.05, 3.63) is 12.2 Å². The minimum atomic E-state index is -0.312. The van der Waals surface area contributed by atoms with E-state index in [4.69, 9.17) is 9.47 Å². The molecule has 0 aromatic carbocycles. The van der Waals surface area contributed by atoms with E-state index in [1.165, 1.54) is 82.8 Å². The number of carbonyl (C=O) groups is 3. The number of unbranched alkanes of at least 4 members (excludes halogenated alkanes) is 12. The predicted octanol–water partition coefficient (Wildman–Crippen LogP) is 4.95. The quantitative estimate of drug-likeness (QED) is 0.157. The fourth-order valence-corrected chi connectivity index (χ4v) is 3.48. The van der Waals surface area contributed by atoms with Gasteiger partial charge in [0.1, 0.15) is 6.61 Å². The first-order chi connectivity index (χ1) is 14.6. The van der Waals surface area contributed by atoms with Gasteiger partial charge in [0, 0.05) is 18.6 Å². The summed E-state index contributed by atoms with van der Waals surface area (Å²) in [4.78, 5) is 35.5. The number of nitrogens with zero attached hydrogens (tertiary/aromatic N) is 1. The highest BCUT2D eigenvalue weighted by atomic mass is 16.6. The fourth-order valence-electron chi connectivity index (χ4n) is 3.48. The maximum atomic E-state index is 11.7. The van der Waals surface area contributed by atoms with Gasteiger partial charge in [-0.05, 0) is 6.42 Å². The molecule has 0 spiro atoms. The summed E-state index contributed by atoms with van der Waals surface area (Å²) in [6.45, 7) is 3.20. The number of esters is 1. The van der Waals surface area contributed by atoms with Crippen LogP contribution < -0.4 is 0 Å². The van der Waals surface area contributed by atoms with Crippen molar-refractivity contribution in [3.8, 4) is 0 Å². The first-order valence-electron chi connectivity index (χ1n) is 11.9. The number of amides is 2. The van der Waals surface area contributed by atoms with Crippen molar-refractivity contribution in [2.75, 3.05) is 26.4 Å². The van der Waals surface area contributed by atoms with Crippen LogP contribution in [-0.4, -0.2) is 49.0 Å². The van der Waals surface area contributed by atoms with E-state index in [2.05, 4.69) is 6.92 Å². The van der Waals surface area contributed by atoms with Gasteiger partial charge >= 0.3 is 5.97 Å². The molecule has 0 saturated heterocycles. The Kier molecular flexibility index (Phi) is 15.9. The van der Waals surface area contributed by atoms with Crippen molar-refractivity contribution >= 4 is 17.8 Å². The summed E-state index contributed by atoms with van der Waals surface area (Å²) in [5.74, 6) is -0.809. The summed E-state index contributed by atoms with van der Waals surface area (Å²) < 4.78 is 10.5.